The Morgan fingerprint density at radius 3 is 2.72 bits per heavy atom. The van der Waals surface area contributed by atoms with Crippen LogP contribution in [0.5, 0.6) is 0 Å². The highest BCUT2D eigenvalue weighted by Crippen LogP contribution is 2.32. The summed E-state index contributed by atoms with van der Waals surface area (Å²) in [5.74, 6) is 0. The highest BCUT2D eigenvalue weighted by Gasteiger charge is 2.03. The van der Waals surface area contributed by atoms with Crippen LogP contribution in [0.4, 0.5) is 11.4 Å². The van der Waals surface area contributed by atoms with Gasteiger partial charge in [0.25, 0.3) is 0 Å². The lowest BCUT2D eigenvalue weighted by Crippen LogP contribution is -1.83. The molecule has 0 aliphatic rings. The van der Waals surface area contributed by atoms with Gasteiger partial charge in [-0.25, -0.2) is 0 Å². The fraction of sp³-hybridized carbons (Fsp3) is 0. The quantitative estimate of drug-likeness (QED) is 0.636. The largest absolute Gasteiger partial charge is 0.354 e. The number of anilines is 2. The Labute approximate surface area is 119 Å². The van der Waals surface area contributed by atoms with Crippen LogP contribution in [0.25, 0.3) is 10.4 Å². The second kappa shape index (κ2) is 5.14. The molecule has 4 heteroatoms. The maximum Gasteiger partial charge on any atom is 0.0499 e. The first-order chi connectivity index (χ1) is 8.81. The van der Waals surface area contributed by atoms with Crippen molar-refractivity contribution in [2.45, 2.75) is 0 Å². The van der Waals surface area contributed by atoms with Crippen LogP contribution in [-0.2, 0) is 0 Å². The third kappa shape index (κ3) is 2.58. The molecular formula is C14H10ClNS2. The van der Waals surface area contributed by atoms with Crippen molar-refractivity contribution in [2.24, 2.45) is 0 Å². The standard InChI is InChI=1S/C14H10ClNS2/c15-11-3-1-2-10(6-11)14-7-13(9-18-14)16-12-4-5-17-8-12/h1-9,16H. The lowest BCUT2D eigenvalue weighted by molar-refractivity contribution is 1.65. The summed E-state index contributed by atoms with van der Waals surface area (Å²) < 4.78 is 0. The van der Waals surface area contributed by atoms with E-state index < -0.39 is 0 Å². The monoisotopic (exact) mass is 291 g/mol. The van der Waals surface area contributed by atoms with E-state index in [-0.39, 0.29) is 0 Å². The van der Waals surface area contributed by atoms with E-state index in [1.807, 2.05) is 18.2 Å². The predicted octanol–water partition coefficient (Wildman–Crippen LogP) is 5.87. The number of hydrogen-bond donors (Lipinski definition) is 1. The summed E-state index contributed by atoms with van der Waals surface area (Å²) >= 11 is 9.41. The molecule has 18 heavy (non-hydrogen) atoms. The van der Waals surface area contributed by atoms with Gasteiger partial charge in [-0.15, -0.1) is 11.3 Å². The van der Waals surface area contributed by atoms with Crippen LogP contribution < -0.4 is 5.32 Å². The summed E-state index contributed by atoms with van der Waals surface area (Å²) in [6, 6.07) is 12.1. The normalized spacial score (nSPS) is 10.5. The molecule has 0 saturated carbocycles. The van der Waals surface area contributed by atoms with Crippen molar-refractivity contribution in [3.63, 3.8) is 0 Å². The van der Waals surface area contributed by atoms with Crippen molar-refractivity contribution in [3.8, 4) is 10.4 Å². The van der Waals surface area contributed by atoms with E-state index in [0.717, 1.165) is 22.0 Å². The molecule has 0 bridgehead atoms. The van der Waals surface area contributed by atoms with Crippen molar-refractivity contribution >= 4 is 45.6 Å². The maximum atomic E-state index is 6.01. The van der Waals surface area contributed by atoms with Gasteiger partial charge in [-0.2, -0.15) is 11.3 Å². The maximum absolute atomic E-state index is 6.01. The van der Waals surface area contributed by atoms with Crippen LogP contribution in [0.15, 0.2) is 52.5 Å². The summed E-state index contributed by atoms with van der Waals surface area (Å²) in [5, 5.41) is 10.4. The van der Waals surface area contributed by atoms with Gasteiger partial charge in [0.1, 0.15) is 0 Å². The Morgan fingerprint density at radius 2 is 1.94 bits per heavy atom. The molecular weight excluding hydrogens is 282 g/mol. The van der Waals surface area contributed by atoms with Crippen molar-refractivity contribution in [1.82, 2.24) is 0 Å². The molecule has 0 saturated heterocycles. The summed E-state index contributed by atoms with van der Waals surface area (Å²) in [4.78, 5) is 1.22. The third-order valence-electron chi connectivity index (χ3n) is 2.52. The lowest BCUT2D eigenvalue weighted by Gasteiger charge is -1.99. The Hall–Kier alpha value is -1.29. The fourth-order valence-corrected chi connectivity index (χ4v) is 3.31. The van der Waals surface area contributed by atoms with E-state index in [1.165, 1.54) is 4.88 Å². The lowest BCUT2D eigenvalue weighted by atomic mass is 10.2. The Morgan fingerprint density at radius 1 is 1.00 bits per heavy atom. The number of hydrogen-bond acceptors (Lipinski definition) is 3. The Balaban J connectivity index is 1.85. The summed E-state index contributed by atoms with van der Waals surface area (Å²) in [7, 11) is 0. The zero-order chi connectivity index (χ0) is 12.4. The predicted molar refractivity (Wildman–Crippen MR) is 82.4 cm³/mol. The average molecular weight is 292 g/mol. The van der Waals surface area contributed by atoms with Gasteiger partial charge in [0.2, 0.25) is 0 Å². The summed E-state index contributed by atoms with van der Waals surface area (Å²) in [5.41, 5.74) is 3.41. The highest BCUT2D eigenvalue weighted by atomic mass is 35.5. The molecule has 1 aromatic carbocycles. The van der Waals surface area contributed by atoms with Crippen molar-refractivity contribution in [2.75, 3.05) is 5.32 Å². The SMILES string of the molecule is Clc1cccc(-c2cc(Nc3ccsc3)cs2)c1. The minimum Gasteiger partial charge on any atom is -0.354 e. The van der Waals surface area contributed by atoms with Crippen LogP contribution in [0.1, 0.15) is 0 Å². The number of benzene rings is 1. The second-order valence-electron chi connectivity index (χ2n) is 3.85. The first-order valence-electron chi connectivity index (χ1n) is 5.45. The topological polar surface area (TPSA) is 12.0 Å². The van der Waals surface area contributed by atoms with Gasteiger partial charge in [0.05, 0.1) is 0 Å². The molecule has 0 radical (unpaired) electrons. The molecule has 2 heterocycles. The van der Waals surface area contributed by atoms with E-state index in [0.29, 0.717) is 0 Å². The smallest absolute Gasteiger partial charge is 0.0499 e. The summed E-state index contributed by atoms with van der Waals surface area (Å²) in [6.07, 6.45) is 0. The van der Waals surface area contributed by atoms with Crippen LogP contribution in [0, 0.1) is 0 Å². The van der Waals surface area contributed by atoms with E-state index in [9.17, 15) is 0 Å². The molecule has 0 aliphatic heterocycles. The number of nitrogens with one attached hydrogen (secondary N) is 1. The van der Waals surface area contributed by atoms with Gasteiger partial charge in [-0.3, -0.25) is 0 Å². The molecule has 90 valence electrons. The van der Waals surface area contributed by atoms with Gasteiger partial charge in [-0.1, -0.05) is 23.7 Å². The van der Waals surface area contributed by atoms with Crippen LogP contribution in [0.2, 0.25) is 5.02 Å². The Bertz CT molecular complexity index is 643. The van der Waals surface area contributed by atoms with Crippen LogP contribution in [0.3, 0.4) is 0 Å². The van der Waals surface area contributed by atoms with E-state index >= 15 is 0 Å². The minimum atomic E-state index is 0.772. The van der Waals surface area contributed by atoms with Crippen LogP contribution in [-0.4, -0.2) is 0 Å². The average Bonchev–Trinajstić information content (AvgIpc) is 3.01. The molecule has 0 aliphatic carbocycles. The molecule has 0 fully saturated rings. The van der Waals surface area contributed by atoms with Gasteiger partial charge in [-0.05, 0) is 35.2 Å². The second-order valence-corrected chi connectivity index (χ2v) is 5.97. The van der Waals surface area contributed by atoms with Crippen molar-refractivity contribution < 1.29 is 0 Å². The molecule has 0 amide bonds. The van der Waals surface area contributed by atoms with Gasteiger partial charge in [0.15, 0.2) is 0 Å². The van der Waals surface area contributed by atoms with Crippen molar-refractivity contribution in [3.05, 3.63) is 57.6 Å². The molecule has 1 nitrogen and oxygen atoms in total. The number of thiophene rings is 2. The molecule has 0 spiro atoms. The fourth-order valence-electron chi connectivity index (χ4n) is 1.70. The third-order valence-corrected chi connectivity index (χ3v) is 4.42. The van der Waals surface area contributed by atoms with Gasteiger partial charge >= 0.3 is 0 Å². The number of rotatable bonds is 3. The minimum absolute atomic E-state index is 0.772. The van der Waals surface area contributed by atoms with E-state index in [4.69, 9.17) is 11.6 Å². The molecule has 0 atom stereocenters. The molecule has 3 rings (SSSR count). The Kier molecular flexibility index (Phi) is 3.37. The highest BCUT2D eigenvalue weighted by molar-refractivity contribution is 7.14. The molecule has 2 aromatic heterocycles. The van der Waals surface area contributed by atoms with Crippen molar-refractivity contribution in [1.29, 1.82) is 0 Å². The van der Waals surface area contributed by atoms with Gasteiger partial charge in [0, 0.05) is 32.0 Å². The molecule has 0 unspecified atom stereocenters. The van der Waals surface area contributed by atoms with Gasteiger partial charge < -0.3 is 5.32 Å². The zero-order valence-corrected chi connectivity index (χ0v) is 11.8. The first-order valence-corrected chi connectivity index (χ1v) is 7.65. The van der Waals surface area contributed by atoms with E-state index in [2.05, 4.69) is 39.7 Å². The molecule has 1 N–H and O–H groups in total. The van der Waals surface area contributed by atoms with Crippen LogP contribution >= 0.6 is 34.3 Å². The number of halogens is 1. The molecule has 3 aromatic rings. The summed E-state index contributed by atoms with van der Waals surface area (Å²) in [6.45, 7) is 0. The first kappa shape index (κ1) is 11.8. The van der Waals surface area contributed by atoms with E-state index in [1.54, 1.807) is 22.7 Å². The zero-order valence-electron chi connectivity index (χ0n) is 9.39.